The lowest BCUT2D eigenvalue weighted by molar-refractivity contribution is -0.146. The summed E-state index contributed by atoms with van der Waals surface area (Å²) < 4.78 is 47.8. The zero-order valence-electron chi connectivity index (χ0n) is 11.8. The van der Waals surface area contributed by atoms with Crippen molar-refractivity contribution in [1.82, 2.24) is 0 Å². The van der Waals surface area contributed by atoms with E-state index >= 15 is 0 Å². The molecule has 0 amide bonds. The van der Waals surface area contributed by atoms with Crippen LogP contribution in [0.15, 0.2) is 54.6 Å². The van der Waals surface area contributed by atoms with E-state index in [1.807, 2.05) is 0 Å². The molecule has 0 aromatic heterocycles. The summed E-state index contributed by atoms with van der Waals surface area (Å²) in [5, 5.41) is 9.11. The number of aliphatic carboxylic acids is 1. The van der Waals surface area contributed by atoms with Gasteiger partial charge in [-0.3, -0.25) is 0 Å². The molecule has 7 heteroatoms. The first-order valence-electron chi connectivity index (χ1n) is 6.61. The van der Waals surface area contributed by atoms with Crippen LogP contribution in [0.1, 0.15) is 5.56 Å². The summed E-state index contributed by atoms with van der Waals surface area (Å²) in [6.45, 7) is -0.338. The third kappa shape index (κ3) is 4.91. The Morgan fingerprint density at radius 2 is 1.61 bits per heavy atom. The summed E-state index contributed by atoms with van der Waals surface area (Å²) in [5.41, 5.74) is -0.805. The maximum Gasteiger partial charge on any atom is 0.416 e. The second kappa shape index (κ2) is 7.04. The number of benzene rings is 2. The maximum absolute atomic E-state index is 12.4. The standard InChI is InChI=1S/C16H13F3O4/c17-16(18,19)11-6-8-12(9-7-11)22-10-14(15(20)21)23-13-4-2-1-3-5-13/h1-9,14H,10H2,(H,20,21). The Labute approximate surface area is 130 Å². The fourth-order valence-corrected chi connectivity index (χ4v) is 1.73. The molecule has 0 fully saturated rings. The van der Waals surface area contributed by atoms with Gasteiger partial charge in [0.05, 0.1) is 5.56 Å². The number of hydrogen-bond donors (Lipinski definition) is 1. The molecule has 23 heavy (non-hydrogen) atoms. The molecule has 0 aliphatic heterocycles. The molecule has 4 nitrogen and oxygen atoms in total. The van der Waals surface area contributed by atoms with E-state index < -0.39 is 23.8 Å². The molecule has 1 N–H and O–H groups in total. The lowest BCUT2D eigenvalue weighted by atomic mass is 10.2. The SMILES string of the molecule is O=C(O)C(COc1ccc(C(F)(F)F)cc1)Oc1ccccc1. The molecule has 0 aliphatic carbocycles. The monoisotopic (exact) mass is 326 g/mol. The summed E-state index contributed by atoms with van der Waals surface area (Å²) in [4.78, 5) is 11.2. The second-order valence-corrected chi connectivity index (χ2v) is 4.59. The molecule has 0 heterocycles. The topological polar surface area (TPSA) is 55.8 Å². The molecule has 0 saturated heterocycles. The number of halogens is 3. The van der Waals surface area contributed by atoms with Crippen LogP contribution in [0.25, 0.3) is 0 Å². The fourth-order valence-electron chi connectivity index (χ4n) is 1.73. The normalized spacial score (nSPS) is 12.5. The number of carbonyl (C=O) groups is 1. The van der Waals surface area contributed by atoms with E-state index in [9.17, 15) is 18.0 Å². The summed E-state index contributed by atoms with van der Waals surface area (Å²) in [6, 6.07) is 12.3. The van der Waals surface area contributed by atoms with Gasteiger partial charge in [-0.25, -0.2) is 4.79 Å². The zero-order chi connectivity index (χ0) is 16.9. The van der Waals surface area contributed by atoms with Gasteiger partial charge in [0.1, 0.15) is 18.1 Å². The van der Waals surface area contributed by atoms with Gasteiger partial charge in [-0.2, -0.15) is 13.2 Å². The van der Waals surface area contributed by atoms with Crippen LogP contribution in [-0.4, -0.2) is 23.8 Å². The van der Waals surface area contributed by atoms with Crippen LogP contribution in [0.3, 0.4) is 0 Å². The van der Waals surface area contributed by atoms with Crippen molar-refractivity contribution in [3.8, 4) is 11.5 Å². The molecular formula is C16H13F3O4. The number of carboxylic acid groups (broad SMARTS) is 1. The molecule has 0 radical (unpaired) electrons. The summed E-state index contributed by atoms with van der Waals surface area (Å²) in [6.07, 6.45) is -5.71. The van der Waals surface area contributed by atoms with E-state index in [-0.39, 0.29) is 12.4 Å². The Balaban J connectivity index is 1.97. The summed E-state index contributed by atoms with van der Waals surface area (Å²) in [7, 11) is 0. The van der Waals surface area contributed by atoms with Crippen molar-refractivity contribution < 1.29 is 32.5 Å². The highest BCUT2D eigenvalue weighted by Gasteiger charge is 2.30. The minimum absolute atomic E-state index is 0.126. The number of alkyl halides is 3. The van der Waals surface area contributed by atoms with Gasteiger partial charge in [-0.15, -0.1) is 0 Å². The van der Waals surface area contributed by atoms with E-state index in [2.05, 4.69) is 0 Å². The van der Waals surface area contributed by atoms with Crippen LogP contribution in [-0.2, 0) is 11.0 Å². The molecule has 1 atom stereocenters. The first kappa shape index (κ1) is 16.7. The van der Waals surface area contributed by atoms with Crippen LogP contribution in [0.4, 0.5) is 13.2 Å². The van der Waals surface area contributed by atoms with Crippen molar-refractivity contribution in [3.05, 3.63) is 60.2 Å². The van der Waals surface area contributed by atoms with E-state index in [1.165, 1.54) is 0 Å². The van der Waals surface area contributed by atoms with Gasteiger partial charge in [0.2, 0.25) is 6.10 Å². The molecule has 2 aromatic carbocycles. The number of rotatable bonds is 6. The Morgan fingerprint density at radius 1 is 1.00 bits per heavy atom. The maximum atomic E-state index is 12.4. The highest BCUT2D eigenvalue weighted by Crippen LogP contribution is 2.30. The van der Waals surface area contributed by atoms with Crippen LogP contribution in [0.2, 0.25) is 0 Å². The van der Waals surface area contributed by atoms with Gasteiger partial charge in [0, 0.05) is 0 Å². The molecule has 0 aliphatic rings. The molecule has 0 bridgehead atoms. The fraction of sp³-hybridized carbons (Fsp3) is 0.188. The number of carboxylic acids is 1. The van der Waals surface area contributed by atoms with Crippen LogP contribution in [0, 0.1) is 0 Å². The molecule has 0 saturated carbocycles. The van der Waals surface area contributed by atoms with Crippen molar-refractivity contribution in [1.29, 1.82) is 0 Å². The van der Waals surface area contributed by atoms with Crippen molar-refractivity contribution in [3.63, 3.8) is 0 Å². The highest BCUT2D eigenvalue weighted by molar-refractivity contribution is 5.73. The summed E-state index contributed by atoms with van der Waals surface area (Å²) >= 11 is 0. The van der Waals surface area contributed by atoms with Crippen molar-refractivity contribution in [2.75, 3.05) is 6.61 Å². The third-order valence-corrected chi connectivity index (χ3v) is 2.88. The molecule has 2 rings (SSSR count). The van der Waals surface area contributed by atoms with Gasteiger partial charge in [-0.05, 0) is 36.4 Å². The number of hydrogen-bond acceptors (Lipinski definition) is 3. The Morgan fingerprint density at radius 3 is 2.13 bits per heavy atom. The minimum Gasteiger partial charge on any atom is -0.489 e. The Hall–Kier alpha value is -2.70. The van der Waals surface area contributed by atoms with Gasteiger partial charge in [0.25, 0.3) is 0 Å². The molecule has 0 spiro atoms. The smallest absolute Gasteiger partial charge is 0.416 e. The zero-order valence-corrected chi connectivity index (χ0v) is 11.8. The Bertz CT molecular complexity index is 639. The lowest BCUT2D eigenvalue weighted by Crippen LogP contribution is -2.33. The van der Waals surface area contributed by atoms with Gasteiger partial charge in [-0.1, -0.05) is 18.2 Å². The number of ether oxygens (including phenoxy) is 2. The van der Waals surface area contributed by atoms with E-state index in [4.69, 9.17) is 14.6 Å². The minimum atomic E-state index is -4.43. The van der Waals surface area contributed by atoms with Gasteiger partial charge < -0.3 is 14.6 Å². The average Bonchev–Trinajstić information content (AvgIpc) is 2.51. The summed E-state index contributed by atoms with van der Waals surface area (Å²) in [5.74, 6) is -0.752. The number of para-hydroxylation sites is 1. The van der Waals surface area contributed by atoms with E-state index in [0.29, 0.717) is 5.75 Å². The average molecular weight is 326 g/mol. The van der Waals surface area contributed by atoms with Gasteiger partial charge >= 0.3 is 12.1 Å². The highest BCUT2D eigenvalue weighted by atomic mass is 19.4. The largest absolute Gasteiger partial charge is 0.489 e. The van der Waals surface area contributed by atoms with Gasteiger partial charge in [0.15, 0.2) is 0 Å². The van der Waals surface area contributed by atoms with Crippen LogP contribution < -0.4 is 9.47 Å². The van der Waals surface area contributed by atoms with E-state index in [1.54, 1.807) is 30.3 Å². The lowest BCUT2D eigenvalue weighted by Gasteiger charge is -2.16. The van der Waals surface area contributed by atoms with Crippen LogP contribution in [0.5, 0.6) is 11.5 Å². The van der Waals surface area contributed by atoms with E-state index in [0.717, 1.165) is 24.3 Å². The predicted octanol–water partition coefficient (Wildman–Crippen LogP) is 3.62. The quantitative estimate of drug-likeness (QED) is 0.881. The first-order chi connectivity index (χ1) is 10.9. The molecule has 1 unspecified atom stereocenters. The first-order valence-corrected chi connectivity index (χ1v) is 6.61. The molecular weight excluding hydrogens is 313 g/mol. The predicted molar refractivity (Wildman–Crippen MR) is 75.4 cm³/mol. The third-order valence-electron chi connectivity index (χ3n) is 2.88. The molecule has 2 aromatic rings. The van der Waals surface area contributed by atoms with Crippen molar-refractivity contribution >= 4 is 5.97 Å². The Kier molecular flexibility index (Phi) is 5.10. The van der Waals surface area contributed by atoms with Crippen molar-refractivity contribution in [2.45, 2.75) is 12.3 Å². The molecule has 122 valence electrons. The van der Waals surface area contributed by atoms with Crippen molar-refractivity contribution in [2.24, 2.45) is 0 Å². The second-order valence-electron chi connectivity index (χ2n) is 4.59. The van der Waals surface area contributed by atoms with Crippen LogP contribution >= 0.6 is 0 Å².